The van der Waals surface area contributed by atoms with Crippen LogP contribution in [0.25, 0.3) is 10.4 Å². The Labute approximate surface area is 228 Å². The fourth-order valence-corrected chi connectivity index (χ4v) is 7.20. The molecule has 1 aromatic carbocycles. The SMILES string of the molecule is CC(C)CC(NC(=O)c1ccc(-c2ccccc2)s1)C(=O)N1CCC2C1C(=O)CN2C(=O)C1CCCCC1. The molecule has 2 aliphatic heterocycles. The number of hydrogen-bond donors (Lipinski definition) is 1. The van der Waals surface area contributed by atoms with Crippen molar-refractivity contribution in [3.63, 3.8) is 0 Å². The van der Waals surface area contributed by atoms with Crippen molar-refractivity contribution in [1.82, 2.24) is 15.1 Å². The molecule has 1 aromatic heterocycles. The second-order valence-corrected chi connectivity index (χ2v) is 12.4. The minimum Gasteiger partial charge on any atom is -0.340 e. The van der Waals surface area contributed by atoms with Crippen LogP contribution >= 0.6 is 11.3 Å². The normalized spacial score (nSPS) is 22.6. The predicted molar refractivity (Wildman–Crippen MR) is 148 cm³/mol. The van der Waals surface area contributed by atoms with E-state index in [0.29, 0.717) is 24.3 Å². The molecule has 7 nitrogen and oxygen atoms in total. The second kappa shape index (κ2) is 11.4. The van der Waals surface area contributed by atoms with E-state index in [4.69, 9.17) is 0 Å². The molecular formula is C30H37N3O4S. The number of ketones is 1. The van der Waals surface area contributed by atoms with Crippen LogP contribution in [-0.4, -0.2) is 64.5 Å². The molecule has 5 rings (SSSR count). The van der Waals surface area contributed by atoms with E-state index in [-0.39, 0.29) is 47.9 Å². The van der Waals surface area contributed by atoms with Crippen LogP contribution in [0.2, 0.25) is 0 Å². The fraction of sp³-hybridized carbons (Fsp3) is 0.533. The van der Waals surface area contributed by atoms with Crippen molar-refractivity contribution in [2.24, 2.45) is 11.8 Å². The molecule has 0 radical (unpaired) electrons. The van der Waals surface area contributed by atoms with Crippen LogP contribution < -0.4 is 5.32 Å². The molecule has 2 aromatic rings. The standard InChI is InChI=1S/C30H37N3O4S/c1-19(2)17-22(31-28(35)26-14-13-25(38-26)20-9-5-3-6-10-20)30(37)32-16-15-23-27(32)24(34)18-33(23)29(36)21-11-7-4-8-12-21/h3,5-6,9-10,13-14,19,21-23,27H,4,7-8,11-12,15-18H2,1-2H3,(H,31,35). The topological polar surface area (TPSA) is 86.8 Å². The van der Waals surface area contributed by atoms with E-state index in [9.17, 15) is 19.2 Å². The van der Waals surface area contributed by atoms with Crippen molar-refractivity contribution in [2.75, 3.05) is 13.1 Å². The van der Waals surface area contributed by atoms with Gasteiger partial charge in [0, 0.05) is 17.3 Å². The van der Waals surface area contributed by atoms with Gasteiger partial charge in [0.2, 0.25) is 11.8 Å². The van der Waals surface area contributed by atoms with Crippen molar-refractivity contribution in [1.29, 1.82) is 0 Å². The Bertz CT molecular complexity index is 1190. The largest absolute Gasteiger partial charge is 0.340 e. The maximum absolute atomic E-state index is 13.8. The number of hydrogen-bond acceptors (Lipinski definition) is 5. The Balaban J connectivity index is 1.29. The van der Waals surface area contributed by atoms with Crippen LogP contribution in [0.4, 0.5) is 0 Å². The summed E-state index contributed by atoms with van der Waals surface area (Å²) in [6.45, 7) is 4.55. The lowest BCUT2D eigenvalue weighted by Crippen LogP contribution is -2.53. The third kappa shape index (κ3) is 5.41. The molecule has 202 valence electrons. The van der Waals surface area contributed by atoms with Crippen LogP contribution in [0.1, 0.15) is 68.5 Å². The number of nitrogens with one attached hydrogen (secondary N) is 1. The van der Waals surface area contributed by atoms with Crippen LogP contribution in [-0.2, 0) is 14.4 Å². The number of carbonyl (C=O) groups is 4. The van der Waals surface area contributed by atoms with Gasteiger partial charge in [-0.3, -0.25) is 19.2 Å². The summed E-state index contributed by atoms with van der Waals surface area (Å²) in [5.74, 6) is -0.309. The lowest BCUT2D eigenvalue weighted by molar-refractivity contribution is -0.138. The Morgan fingerprint density at radius 1 is 0.974 bits per heavy atom. The minimum absolute atomic E-state index is 0.000368. The number of rotatable bonds is 7. The molecule has 3 amide bonds. The number of amides is 3. The Morgan fingerprint density at radius 2 is 1.71 bits per heavy atom. The van der Waals surface area contributed by atoms with E-state index in [1.165, 1.54) is 17.8 Å². The van der Waals surface area contributed by atoms with Gasteiger partial charge in [-0.2, -0.15) is 0 Å². The zero-order chi connectivity index (χ0) is 26.8. The molecule has 2 saturated heterocycles. The number of carbonyl (C=O) groups excluding carboxylic acids is 4. The molecule has 3 aliphatic rings. The van der Waals surface area contributed by atoms with Gasteiger partial charge in [0.15, 0.2) is 5.78 Å². The maximum Gasteiger partial charge on any atom is 0.262 e. The van der Waals surface area contributed by atoms with Crippen molar-refractivity contribution < 1.29 is 19.2 Å². The first-order valence-corrected chi connectivity index (χ1v) is 14.7. The van der Waals surface area contributed by atoms with E-state index in [0.717, 1.165) is 36.1 Å². The average molecular weight is 536 g/mol. The number of benzene rings is 1. The van der Waals surface area contributed by atoms with Gasteiger partial charge in [0.1, 0.15) is 12.1 Å². The lowest BCUT2D eigenvalue weighted by Gasteiger charge is -2.30. The van der Waals surface area contributed by atoms with Gasteiger partial charge in [-0.05, 0) is 49.3 Å². The Kier molecular flexibility index (Phi) is 7.98. The molecule has 1 aliphatic carbocycles. The van der Waals surface area contributed by atoms with Crippen LogP contribution in [0.5, 0.6) is 0 Å². The van der Waals surface area contributed by atoms with Gasteiger partial charge in [-0.25, -0.2) is 0 Å². The molecule has 3 unspecified atom stereocenters. The molecule has 0 bridgehead atoms. The van der Waals surface area contributed by atoms with Gasteiger partial charge in [0.25, 0.3) is 5.91 Å². The summed E-state index contributed by atoms with van der Waals surface area (Å²) in [6, 6.07) is 12.0. The molecule has 0 spiro atoms. The first-order chi connectivity index (χ1) is 18.3. The summed E-state index contributed by atoms with van der Waals surface area (Å²) in [7, 11) is 0. The Morgan fingerprint density at radius 3 is 2.42 bits per heavy atom. The minimum atomic E-state index is -0.723. The van der Waals surface area contributed by atoms with Gasteiger partial charge in [-0.15, -0.1) is 11.3 Å². The Hall–Kier alpha value is -3.00. The lowest BCUT2D eigenvalue weighted by atomic mass is 9.88. The molecule has 1 N–H and O–H groups in total. The number of nitrogens with zero attached hydrogens (tertiary/aromatic N) is 2. The first kappa shape index (κ1) is 26.6. The highest BCUT2D eigenvalue weighted by molar-refractivity contribution is 7.17. The van der Waals surface area contributed by atoms with Crippen molar-refractivity contribution in [2.45, 2.75) is 76.9 Å². The van der Waals surface area contributed by atoms with Gasteiger partial charge < -0.3 is 15.1 Å². The molecular weight excluding hydrogens is 498 g/mol. The maximum atomic E-state index is 13.8. The van der Waals surface area contributed by atoms with Crippen molar-refractivity contribution in [3.8, 4) is 10.4 Å². The fourth-order valence-electron chi connectivity index (χ4n) is 6.28. The third-order valence-electron chi connectivity index (χ3n) is 8.14. The highest BCUT2D eigenvalue weighted by Gasteiger charge is 2.52. The van der Waals surface area contributed by atoms with Crippen molar-refractivity contribution in [3.05, 3.63) is 47.3 Å². The number of thiophene rings is 1. The van der Waals surface area contributed by atoms with Gasteiger partial charge >= 0.3 is 0 Å². The van der Waals surface area contributed by atoms with Crippen LogP contribution in [0, 0.1) is 11.8 Å². The van der Waals surface area contributed by atoms with E-state index in [1.54, 1.807) is 15.9 Å². The molecule has 8 heteroatoms. The first-order valence-electron chi connectivity index (χ1n) is 13.9. The average Bonchev–Trinajstić information content (AvgIpc) is 3.66. The highest BCUT2D eigenvalue weighted by atomic mass is 32.1. The van der Waals surface area contributed by atoms with E-state index in [1.807, 2.05) is 50.2 Å². The molecule has 3 heterocycles. The highest BCUT2D eigenvalue weighted by Crippen LogP contribution is 2.34. The van der Waals surface area contributed by atoms with Crippen molar-refractivity contribution >= 4 is 34.8 Å². The second-order valence-electron chi connectivity index (χ2n) is 11.3. The van der Waals surface area contributed by atoms with Gasteiger partial charge in [-0.1, -0.05) is 63.4 Å². The van der Waals surface area contributed by atoms with E-state index in [2.05, 4.69) is 5.32 Å². The van der Waals surface area contributed by atoms with E-state index < -0.39 is 12.1 Å². The third-order valence-corrected chi connectivity index (χ3v) is 9.27. The quantitative estimate of drug-likeness (QED) is 0.565. The summed E-state index contributed by atoms with van der Waals surface area (Å²) < 4.78 is 0. The van der Waals surface area contributed by atoms with E-state index >= 15 is 0 Å². The predicted octanol–water partition coefficient (Wildman–Crippen LogP) is 4.52. The van der Waals surface area contributed by atoms with Crippen LogP contribution in [0.15, 0.2) is 42.5 Å². The van der Waals surface area contributed by atoms with Gasteiger partial charge in [0.05, 0.1) is 17.5 Å². The zero-order valence-corrected chi connectivity index (χ0v) is 23.0. The summed E-state index contributed by atoms with van der Waals surface area (Å²) in [5, 5.41) is 2.97. The summed E-state index contributed by atoms with van der Waals surface area (Å²) in [5.41, 5.74) is 1.04. The molecule has 3 fully saturated rings. The zero-order valence-electron chi connectivity index (χ0n) is 22.2. The molecule has 1 saturated carbocycles. The summed E-state index contributed by atoms with van der Waals surface area (Å²) in [4.78, 5) is 58.3. The number of Topliss-reactive ketones (excluding diaryl/α,β-unsaturated/α-hetero) is 1. The number of likely N-dealkylation sites (tertiary alicyclic amines) is 2. The summed E-state index contributed by atoms with van der Waals surface area (Å²) in [6.07, 6.45) is 6.15. The molecule has 3 atom stereocenters. The van der Waals surface area contributed by atoms with Crippen LogP contribution in [0.3, 0.4) is 0 Å². The monoisotopic (exact) mass is 535 g/mol. The molecule has 38 heavy (non-hydrogen) atoms. The number of fused-ring (bicyclic) bond motifs is 1. The smallest absolute Gasteiger partial charge is 0.262 e. The summed E-state index contributed by atoms with van der Waals surface area (Å²) >= 11 is 1.40.